The molecule has 0 N–H and O–H groups in total. The molecule has 0 fully saturated rings. The van der Waals surface area contributed by atoms with Crippen LogP contribution < -0.4 is 0 Å². The summed E-state index contributed by atoms with van der Waals surface area (Å²) in [6.07, 6.45) is -0.600. The van der Waals surface area contributed by atoms with E-state index >= 15 is 0 Å². The Bertz CT molecular complexity index is 1880. The Labute approximate surface area is 200 Å². The van der Waals surface area contributed by atoms with Gasteiger partial charge in [0.2, 0.25) is 0 Å². The molecule has 6 aromatic rings. The highest BCUT2D eigenvalue weighted by Gasteiger charge is 2.19. The molecular formula is C31H27NO. The molecule has 33 heavy (non-hydrogen) atoms. The highest BCUT2D eigenvalue weighted by atomic mass is 16.3. The lowest BCUT2D eigenvalue weighted by Gasteiger charge is -2.20. The first kappa shape index (κ1) is 15.2. The van der Waals surface area contributed by atoms with Gasteiger partial charge in [-0.1, -0.05) is 69.3 Å². The lowest BCUT2D eigenvalue weighted by atomic mass is 9.86. The van der Waals surface area contributed by atoms with E-state index in [-0.39, 0.29) is 11.1 Å². The summed E-state index contributed by atoms with van der Waals surface area (Å²) in [6.45, 7) is 2.83. The van der Waals surface area contributed by atoms with Gasteiger partial charge in [0.1, 0.15) is 11.2 Å². The lowest BCUT2D eigenvalue weighted by molar-refractivity contribution is 0.410. The van der Waals surface area contributed by atoms with Crippen LogP contribution in [0.5, 0.6) is 0 Å². The second kappa shape index (κ2) is 7.18. The highest BCUT2D eigenvalue weighted by Crippen LogP contribution is 2.42. The Kier molecular flexibility index (Phi) is 3.31. The second-order valence-electron chi connectivity index (χ2n) is 9.60. The van der Waals surface area contributed by atoms with Crippen molar-refractivity contribution in [3.8, 4) is 11.3 Å². The average Bonchev–Trinajstić information content (AvgIpc) is 3.25. The number of para-hydroxylation sites is 1. The number of fused-ring (bicyclic) bond motifs is 7. The summed E-state index contributed by atoms with van der Waals surface area (Å²) in [5, 5.41) is 5.93. The van der Waals surface area contributed by atoms with Crippen molar-refractivity contribution in [1.29, 1.82) is 0 Å². The van der Waals surface area contributed by atoms with Crippen LogP contribution >= 0.6 is 0 Å². The number of aryl methyl sites for hydroxylation is 1. The van der Waals surface area contributed by atoms with Crippen molar-refractivity contribution in [3.05, 3.63) is 90.1 Å². The lowest BCUT2D eigenvalue weighted by Crippen LogP contribution is -2.10. The Morgan fingerprint density at radius 1 is 0.879 bits per heavy atom. The molecule has 0 bridgehead atoms. The van der Waals surface area contributed by atoms with E-state index in [9.17, 15) is 0 Å². The molecule has 2 aromatic heterocycles. The summed E-state index contributed by atoms with van der Waals surface area (Å²) < 4.78 is 48.6. The van der Waals surface area contributed by atoms with Gasteiger partial charge in [-0.25, -0.2) is 0 Å². The maximum absolute atomic E-state index is 8.97. The predicted molar refractivity (Wildman–Crippen MR) is 140 cm³/mol. The van der Waals surface area contributed by atoms with E-state index in [2.05, 4.69) is 23.2 Å². The van der Waals surface area contributed by atoms with E-state index < -0.39 is 18.6 Å². The normalized spacial score (nSPS) is 15.4. The molecular weight excluding hydrogens is 402 g/mol. The topological polar surface area (TPSA) is 26.0 Å². The van der Waals surface area contributed by atoms with Gasteiger partial charge in [0.25, 0.3) is 0 Å². The number of nitrogens with zero attached hydrogens (tertiary/aromatic N) is 1. The van der Waals surface area contributed by atoms with E-state index in [1.807, 2.05) is 48.5 Å². The number of hydrogen-bond donors (Lipinski definition) is 0. The van der Waals surface area contributed by atoms with Crippen LogP contribution in [0.1, 0.15) is 38.8 Å². The second-order valence-corrected chi connectivity index (χ2v) is 9.60. The molecule has 0 aliphatic rings. The van der Waals surface area contributed by atoms with Gasteiger partial charge in [0, 0.05) is 34.8 Å². The van der Waals surface area contributed by atoms with Crippen LogP contribution in [0.25, 0.3) is 54.7 Å². The smallest absolute Gasteiger partial charge is 0.143 e. The number of benzene rings is 4. The molecule has 0 aliphatic carbocycles. The number of rotatable bonds is 2. The zero-order chi connectivity index (χ0) is 27.0. The minimum Gasteiger partial charge on any atom is -0.455 e. The third-order valence-electron chi connectivity index (χ3n) is 6.06. The third-order valence-corrected chi connectivity index (χ3v) is 6.06. The van der Waals surface area contributed by atoms with Crippen molar-refractivity contribution >= 4 is 43.5 Å². The summed E-state index contributed by atoms with van der Waals surface area (Å²) >= 11 is 0. The van der Waals surface area contributed by atoms with E-state index in [0.29, 0.717) is 5.69 Å². The van der Waals surface area contributed by atoms with Gasteiger partial charge >= 0.3 is 0 Å². The summed E-state index contributed by atoms with van der Waals surface area (Å²) in [5.41, 5.74) is 2.00. The van der Waals surface area contributed by atoms with Gasteiger partial charge < -0.3 is 4.42 Å². The largest absolute Gasteiger partial charge is 0.455 e. The van der Waals surface area contributed by atoms with Crippen molar-refractivity contribution in [3.63, 3.8) is 0 Å². The van der Waals surface area contributed by atoms with Crippen LogP contribution in [-0.4, -0.2) is 4.98 Å². The Morgan fingerprint density at radius 2 is 1.64 bits per heavy atom. The molecule has 0 unspecified atom stereocenters. The Hall–Kier alpha value is -3.65. The average molecular weight is 435 g/mol. The van der Waals surface area contributed by atoms with Gasteiger partial charge in [-0.15, -0.1) is 0 Å². The van der Waals surface area contributed by atoms with Crippen LogP contribution in [0, 0.1) is 12.3 Å². The number of hydrogen-bond acceptors (Lipinski definition) is 2. The van der Waals surface area contributed by atoms with E-state index in [1.165, 1.54) is 6.20 Å². The molecule has 0 spiro atoms. The fourth-order valence-corrected chi connectivity index (χ4v) is 4.69. The third kappa shape index (κ3) is 3.29. The summed E-state index contributed by atoms with van der Waals surface area (Å²) in [6, 6.07) is 23.8. The van der Waals surface area contributed by atoms with Crippen LogP contribution in [0.4, 0.5) is 0 Å². The van der Waals surface area contributed by atoms with Gasteiger partial charge in [-0.05, 0) is 70.2 Å². The quantitative estimate of drug-likeness (QED) is 0.254. The minimum absolute atomic E-state index is 0.0693. The number of aromatic nitrogens is 1. The van der Waals surface area contributed by atoms with E-state index in [4.69, 9.17) is 11.3 Å². The highest BCUT2D eigenvalue weighted by molar-refractivity contribution is 6.24. The Balaban J connectivity index is 1.76. The summed E-state index contributed by atoms with van der Waals surface area (Å²) in [7, 11) is 0. The van der Waals surface area contributed by atoms with Gasteiger partial charge in [0.05, 0.1) is 5.69 Å². The van der Waals surface area contributed by atoms with E-state index in [0.717, 1.165) is 49.0 Å². The van der Waals surface area contributed by atoms with Gasteiger partial charge in [-0.2, -0.15) is 0 Å². The van der Waals surface area contributed by atoms with Gasteiger partial charge in [0.15, 0.2) is 0 Å². The molecule has 0 amide bonds. The molecule has 0 radical (unpaired) electrons. The maximum atomic E-state index is 8.97. The maximum Gasteiger partial charge on any atom is 0.143 e. The molecule has 2 heterocycles. The number of furan rings is 1. The predicted octanol–water partition coefficient (Wildman–Crippen LogP) is 8.85. The zero-order valence-corrected chi connectivity index (χ0v) is 18.9. The van der Waals surface area contributed by atoms with Crippen LogP contribution in [0.3, 0.4) is 0 Å². The molecule has 0 saturated heterocycles. The SMILES string of the molecule is [2H]C([2H])([2H])c1cnc(-c2cc3ccccc3c3ccc4c5ccccc5oc4c23)cc1C([2H])([2H])C(C)(C)C. The first-order chi connectivity index (χ1) is 17.9. The van der Waals surface area contributed by atoms with Gasteiger partial charge in [-0.3, -0.25) is 4.98 Å². The standard InChI is InChI=1S/C31H27NO/c1-19-18-32-27(16-21(19)17-31(2,3)4)26-15-20-9-5-6-10-22(20)24-13-14-25-23-11-7-8-12-28(23)33-30(25)29(24)26/h5-16,18H,17H2,1-4H3/i1D3,17D2. The molecule has 2 heteroatoms. The first-order valence-corrected chi connectivity index (χ1v) is 11.1. The zero-order valence-electron chi connectivity index (χ0n) is 23.9. The number of pyridine rings is 1. The molecule has 0 aliphatic heterocycles. The molecule has 2 nitrogen and oxygen atoms in total. The van der Waals surface area contributed by atoms with Crippen molar-refractivity contribution in [2.45, 2.75) is 34.0 Å². The van der Waals surface area contributed by atoms with Crippen LogP contribution in [0.2, 0.25) is 0 Å². The van der Waals surface area contributed by atoms with Crippen molar-refractivity contribution in [1.82, 2.24) is 4.98 Å². The first-order valence-electron chi connectivity index (χ1n) is 13.6. The molecule has 0 saturated carbocycles. The van der Waals surface area contributed by atoms with Crippen molar-refractivity contribution in [2.24, 2.45) is 5.41 Å². The fraction of sp³-hybridized carbons (Fsp3) is 0.194. The molecule has 4 aromatic carbocycles. The van der Waals surface area contributed by atoms with Crippen molar-refractivity contribution < 1.29 is 11.3 Å². The van der Waals surface area contributed by atoms with Crippen LogP contribution in [-0.2, 0) is 6.37 Å². The molecule has 6 rings (SSSR count). The molecule has 162 valence electrons. The van der Waals surface area contributed by atoms with Crippen molar-refractivity contribution in [2.75, 3.05) is 0 Å². The Morgan fingerprint density at radius 3 is 2.45 bits per heavy atom. The summed E-state index contributed by atoms with van der Waals surface area (Å²) in [5.74, 6) is 0. The fourth-order valence-electron chi connectivity index (χ4n) is 4.69. The van der Waals surface area contributed by atoms with Crippen LogP contribution in [0.15, 0.2) is 83.4 Å². The summed E-state index contributed by atoms with van der Waals surface area (Å²) in [4.78, 5) is 4.62. The van der Waals surface area contributed by atoms with E-state index in [1.54, 1.807) is 26.8 Å². The molecule has 0 atom stereocenters. The minimum atomic E-state index is -2.50. The monoisotopic (exact) mass is 434 g/mol.